The Hall–Kier alpha value is -1.78. The van der Waals surface area contributed by atoms with Crippen molar-refractivity contribution < 1.29 is 12.8 Å². The summed E-state index contributed by atoms with van der Waals surface area (Å²) in [5.41, 5.74) is -0.913. The van der Waals surface area contributed by atoms with Crippen molar-refractivity contribution in [3.63, 3.8) is 0 Å². The fraction of sp³-hybridized carbons (Fsp3) is 0.0769. The molecule has 3 aromatic rings. The first-order valence-electron chi connectivity index (χ1n) is 6.24. The van der Waals surface area contributed by atoms with E-state index in [1.54, 1.807) is 5.38 Å². The molecular weight excluding hydrogens is 409 g/mol. The van der Waals surface area contributed by atoms with Crippen LogP contribution in [0, 0.1) is 12.7 Å². The van der Waals surface area contributed by atoms with E-state index in [0.29, 0.717) is 9.43 Å². The first kappa shape index (κ1) is 16.1. The Kier molecular flexibility index (Phi) is 3.98. The number of nitrogens with one attached hydrogen (secondary N) is 1. The summed E-state index contributed by atoms with van der Waals surface area (Å²) in [6.07, 6.45) is 1.44. The van der Waals surface area contributed by atoms with Crippen LogP contribution in [0.2, 0.25) is 0 Å². The molecule has 120 valence electrons. The third-order valence-corrected chi connectivity index (χ3v) is 5.78. The van der Waals surface area contributed by atoms with Crippen molar-refractivity contribution in [2.24, 2.45) is 0 Å². The summed E-state index contributed by atoms with van der Waals surface area (Å²) in [6.45, 7) is 1.42. The summed E-state index contributed by atoms with van der Waals surface area (Å²) in [5.74, 6) is -0.759. The first-order chi connectivity index (χ1) is 10.8. The minimum Gasteiger partial charge on any atom is -0.276 e. The molecule has 0 bridgehead atoms. The second kappa shape index (κ2) is 5.69. The highest BCUT2D eigenvalue weighted by molar-refractivity contribution is 9.10. The van der Waals surface area contributed by atoms with Crippen molar-refractivity contribution >= 4 is 47.9 Å². The molecule has 0 aliphatic carbocycles. The van der Waals surface area contributed by atoms with Crippen molar-refractivity contribution in [3.8, 4) is 0 Å². The van der Waals surface area contributed by atoms with Gasteiger partial charge >= 0.3 is 0 Å². The average Bonchev–Trinajstić information content (AvgIpc) is 2.90. The van der Waals surface area contributed by atoms with Gasteiger partial charge in [0.1, 0.15) is 5.82 Å². The minimum atomic E-state index is -4.28. The largest absolute Gasteiger partial charge is 0.279 e. The Balaban J connectivity index is 2.15. The Morgan fingerprint density at radius 2 is 2.13 bits per heavy atom. The number of halogens is 2. The fourth-order valence-electron chi connectivity index (χ4n) is 2.04. The number of thiazole rings is 1. The highest BCUT2D eigenvalue weighted by atomic mass is 79.9. The van der Waals surface area contributed by atoms with Crippen molar-refractivity contribution in [3.05, 3.63) is 56.1 Å². The molecule has 10 heteroatoms. The number of fused-ring (bicyclic) bond motifs is 1. The molecular formula is C13H9BrFN3O3S2. The summed E-state index contributed by atoms with van der Waals surface area (Å²) in [4.78, 5) is 16.4. The molecule has 0 atom stereocenters. The fourth-order valence-corrected chi connectivity index (χ4v) is 4.45. The zero-order chi connectivity index (χ0) is 16.8. The molecule has 0 aliphatic heterocycles. The van der Waals surface area contributed by atoms with E-state index in [-0.39, 0.29) is 11.4 Å². The normalized spacial score (nSPS) is 11.8. The number of benzene rings is 1. The lowest BCUT2D eigenvalue weighted by Crippen LogP contribution is -2.27. The molecule has 0 unspecified atom stereocenters. The van der Waals surface area contributed by atoms with Gasteiger partial charge in [-0.1, -0.05) is 15.9 Å². The van der Waals surface area contributed by atoms with Gasteiger partial charge < -0.3 is 0 Å². The molecule has 0 spiro atoms. The maximum atomic E-state index is 13.8. The molecule has 0 saturated carbocycles. The second-order valence-corrected chi connectivity index (χ2v) is 8.02. The standard InChI is InChI=1S/C13H9BrFN3O3S2/c1-7-11(12(19)18-4-5-22-13(18)16-7)23(20,21)17-10-3-2-8(14)6-9(10)15/h2-6,17H,1H3. The van der Waals surface area contributed by atoms with Gasteiger partial charge in [-0.25, -0.2) is 17.8 Å². The van der Waals surface area contributed by atoms with E-state index in [4.69, 9.17) is 0 Å². The lowest BCUT2D eigenvalue weighted by Gasteiger charge is -2.10. The van der Waals surface area contributed by atoms with Crippen LogP contribution >= 0.6 is 27.3 Å². The number of sulfonamides is 1. The third-order valence-electron chi connectivity index (χ3n) is 3.04. The van der Waals surface area contributed by atoms with E-state index in [1.807, 2.05) is 0 Å². The van der Waals surface area contributed by atoms with Crippen LogP contribution in [0.15, 0.2) is 43.9 Å². The van der Waals surface area contributed by atoms with Gasteiger partial charge in [-0.3, -0.25) is 13.9 Å². The van der Waals surface area contributed by atoms with Gasteiger partial charge in [0.2, 0.25) is 0 Å². The Morgan fingerprint density at radius 1 is 1.39 bits per heavy atom. The van der Waals surface area contributed by atoms with Crippen LogP contribution in [0.25, 0.3) is 4.96 Å². The van der Waals surface area contributed by atoms with Crippen molar-refractivity contribution in [1.82, 2.24) is 9.38 Å². The van der Waals surface area contributed by atoms with E-state index in [2.05, 4.69) is 25.6 Å². The third kappa shape index (κ3) is 2.89. The van der Waals surface area contributed by atoms with Crippen LogP contribution in [-0.4, -0.2) is 17.8 Å². The molecule has 0 amide bonds. The number of aryl methyl sites for hydroxylation is 1. The number of rotatable bonds is 3. The molecule has 6 nitrogen and oxygen atoms in total. The first-order valence-corrected chi connectivity index (χ1v) is 9.39. The number of hydrogen-bond acceptors (Lipinski definition) is 5. The molecule has 0 aliphatic rings. The van der Waals surface area contributed by atoms with Gasteiger partial charge in [-0.15, -0.1) is 11.3 Å². The van der Waals surface area contributed by atoms with Gasteiger partial charge in [0.15, 0.2) is 9.86 Å². The van der Waals surface area contributed by atoms with Crippen LogP contribution < -0.4 is 10.3 Å². The molecule has 0 saturated heterocycles. The summed E-state index contributed by atoms with van der Waals surface area (Å²) >= 11 is 4.30. The smallest absolute Gasteiger partial charge is 0.276 e. The Bertz CT molecular complexity index is 1080. The van der Waals surface area contributed by atoms with Crippen molar-refractivity contribution in [2.45, 2.75) is 11.8 Å². The average molecular weight is 418 g/mol. The summed E-state index contributed by atoms with van der Waals surface area (Å²) in [5, 5.41) is 1.63. The van der Waals surface area contributed by atoms with Gasteiger partial charge in [0.05, 0.1) is 11.4 Å². The number of nitrogens with zero attached hydrogens (tertiary/aromatic N) is 2. The van der Waals surface area contributed by atoms with Crippen molar-refractivity contribution in [1.29, 1.82) is 0 Å². The summed E-state index contributed by atoms with van der Waals surface area (Å²) in [7, 11) is -4.28. The highest BCUT2D eigenvalue weighted by Crippen LogP contribution is 2.22. The highest BCUT2D eigenvalue weighted by Gasteiger charge is 2.25. The molecule has 3 rings (SSSR count). The van der Waals surface area contributed by atoms with E-state index in [9.17, 15) is 17.6 Å². The maximum Gasteiger partial charge on any atom is 0.279 e. The van der Waals surface area contributed by atoms with Gasteiger partial charge in [-0.05, 0) is 25.1 Å². The Morgan fingerprint density at radius 3 is 2.83 bits per heavy atom. The predicted molar refractivity (Wildman–Crippen MR) is 89.0 cm³/mol. The SMILES string of the molecule is Cc1nc2sccn2c(=O)c1S(=O)(=O)Nc1ccc(Br)cc1F. The van der Waals surface area contributed by atoms with Crippen LogP contribution in [0.1, 0.15) is 5.69 Å². The molecule has 0 radical (unpaired) electrons. The van der Waals surface area contributed by atoms with Crippen LogP contribution in [0.3, 0.4) is 0 Å². The van der Waals surface area contributed by atoms with Crippen LogP contribution in [0.4, 0.5) is 10.1 Å². The quantitative estimate of drug-likeness (QED) is 0.710. The van der Waals surface area contributed by atoms with E-state index >= 15 is 0 Å². The number of hydrogen-bond donors (Lipinski definition) is 1. The minimum absolute atomic E-state index is 0.0578. The summed E-state index contributed by atoms with van der Waals surface area (Å²) < 4.78 is 42.6. The van der Waals surface area contributed by atoms with Crippen LogP contribution in [0.5, 0.6) is 0 Å². The topological polar surface area (TPSA) is 80.5 Å². The molecule has 1 aromatic carbocycles. The Labute approximate surface area is 142 Å². The molecule has 0 fully saturated rings. The molecule has 2 heterocycles. The number of aromatic nitrogens is 2. The second-order valence-electron chi connectivity index (χ2n) is 4.62. The molecule has 23 heavy (non-hydrogen) atoms. The summed E-state index contributed by atoms with van der Waals surface area (Å²) in [6, 6.07) is 3.87. The van der Waals surface area contributed by atoms with E-state index in [1.165, 1.54) is 36.6 Å². The monoisotopic (exact) mass is 417 g/mol. The lowest BCUT2D eigenvalue weighted by atomic mass is 10.3. The van der Waals surface area contributed by atoms with Gasteiger partial charge in [-0.2, -0.15) is 0 Å². The molecule has 2 aromatic heterocycles. The maximum absolute atomic E-state index is 13.8. The predicted octanol–water partition coefficient (Wildman–Crippen LogP) is 2.77. The van der Waals surface area contributed by atoms with Gasteiger partial charge in [0.25, 0.3) is 15.6 Å². The van der Waals surface area contributed by atoms with Crippen molar-refractivity contribution in [2.75, 3.05) is 4.72 Å². The zero-order valence-electron chi connectivity index (χ0n) is 11.6. The lowest BCUT2D eigenvalue weighted by molar-refractivity contribution is 0.595. The van der Waals surface area contributed by atoms with Crippen LogP contribution in [-0.2, 0) is 10.0 Å². The molecule has 1 N–H and O–H groups in total. The zero-order valence-corrected chi connectivity index (χ0v) is 14.8. The van der Waals surface area contributed by atoms with E-state index in [0.717, 1.165) is 10.5 Å². The van der Waals surface area contributed by atoms with Gasteiger partial charge in [0, 0.05) is 16.0 Å². The number of anilines is 1. The van der Waals surface area contributed by atoms with E-state index < -0.39 is 26.3 Å².